The molecule has 3 rings (SSSR count). The maximum absolute atomic E-state index is 5.04. The van der Waals surface area contributed by atoms with Crippen LogP contribution in [0.15, 0.2) is 27.7 Å². The number of hydrogen-bond donors (Lipinski definition) is 0. The summed E-state index contributed by atoms with van der Waals surface area (Å²) in [6, 6.07) is 6.73. The van der Waals surface area contributed by atoms with Crippen molar-refractivity contribution in [2.75, 3.05) is 5.75 Å². The average molecular weight is 324 g/mol. The van der Waals surface area contributed by atoms with Crippen molar-refractivity contribution in [3.05, 3.63) is 33.8 Å². The lowest BCUT2D eigenvalue weighted by Crippen LogP contribution is -2.35. The Morgan fingerprint density at radius 1 is 1.44 bits per heavy atom. The number of hydrogen-bond acceptors (Lipinski definition) is 2. The predicted octanol–water partition coefficient (Wildman–Crippen LogP) is 4.78. The molecule has 18 heavy (non-hydrogen) atoms. The highest BCUT2D eigenvalue weighted by Gasteiger charge is 2.41. The maximum Gasteiger partial charge on any atom is 0.0876 e. The largest absolute Gasteiger partial charge is 0.272 e. The molecule has 2 atom stereocenters. The van der Waals surface area contributed by atoms with Crippen LogP contribution in [0.25, 0.3) is 0 Å². The first-order valence-corrected chi connectivity index (χ1v) is 8.35. The van der Waals surface area contributed by atoms with E-state index in [2.05, 4.69) is 48.0 Å². The van der Waals surface area contributed by atoms with Crippen molar-refractivity contribution < 1.29 is 0 Å². The first kappa shape index (κ1) is 12.7. The minimum absolute atomic E-state index is 0.00898. The summed E-state index contributed by atoms with van der Waals surface area (Å²) in [7, 11) is 0. The summed E-state index contributed by atoms with van der Waals surface area (Å²) in [6.07, 6.45) is 3.80. The first-order chi connectivity index (χ1) is 8.59. The Balaban J connectivity index is 2.19. The van der Waals surface area contributed by atoms with Crippen molar-refractivity contribution in [1.82, 2.24) is 0 Å². The second-order valence-corrected chi connectivity index (χ2v) is 7.61. The summed E-state index contributed by atoms with van der Waals surface area (Å²) in [5.41, 5.74) is 2.93. The van der Waals surface area contributed by atoms with E-state index in [-0.39, 0.29) is 5.54 Å². The second kappa shape index (κ2) is 4.68. The Kier molecular flexibility index (Phi) is 3.31. The maximum atomic E-state index is 5.04. The van der Waals surface area contributed by atoms with Gasteiger partial charge in [-0.25, -0.2) is 0 Å². The van der Waals surface area contributed by atoms with E-state index in [9.17, 15) is 0 Å². The molecule has 3 heteroatoms. The number of halogens is 1. The Labute approximate surface area is 122 Å². The molecule has 1 aromatic carbocycles. The molecule has 1 heterocycles. The van der Waals surface area contributed by atoms with Crippen molar-refractivity contribution in [2.45, 2.75) is 38.6 Å². The van der Waals surface area contributed by atoms with Crippen LogP contribution in [-0.2, 0) is 12.0 Å². The van der Waals surface area contributed by atoms with E-state index >= 15 is 0 Å². The van der Waals surface area contributed by atoms with Gasteiger partial charge < -0.3 is 0 Å². The first-order valence-electron chi connectivity index (χ1n) is 6.58. The van der Waals surface area contributed by atoms with E-state index in [0.717, 1.165) is 0 Å². The number of benzene rings is 1. The summed E-state index contributed by atoms with van der Waals surface area (Å²) in [6.45, 7) is 4.48. The van der Waals surface area contributed by atoms with Crippen molar-refractivity contribution in [3.63, 3.8) is 0 Å². The quantitative estimate of drug-likeness (QED) is 0.669. The lowest BCUT2D eigenvalue weighted by Gasteiger charge is -2.38. The topological polar surface area (TPSA) is 12.4 Å². The van der Waals surface area contributed by atoms with Crippen LogP contribution in [0.4, 0.5) is 0 Å². The van der Waals surface area contributed by atoms with Crippen LogP contribution in [0.3, 0.4) is 0 Å². The number of nitrogens with zero attached hydrogens (tertiary/aromatic N) is 1. The third-order valence-electron chi connectivity index (χ3n) is 4.29. The van der Waals surface area contributed by atoms with Crippen LogP contribution in [0, 0.1) is 5.92 Å². The average Bonchev–Trinajstić information content (AvgIpc) is 2.46. The zero-order chi connectivity index (χ0) is 12.8. The van der Waals surface area contributed by atoms with E-state index in [0.29, 0.717) is 5.92 Å². The SMILES string of the molecule is CC1=N[C@]2(C)c3cc(Br)ccc3CCC[C@@H]2CS1. The third kappa shape index (κ3) is 2.05. The highest BCUT2D eigenvalue weighted by Crippen LogP contribution is 2.46. The van der Waals surface area contributed by atoms with Gasteiger partial charge in [0.1, 0.15) is 0 Å². The van der Waals surface area contributed by atoms with Crippen LogP contribution in [0.1, 0.15) is 37.8 Å². The van der Waals surface area contributed by atoms with E-state index in [1.165, 1.54) is 45.7 Å². The molecular weight excluding hydrogens is 306 g/mol. The number of aryl methyl sites for hydroxylation is 1. The van der Waals surface area contributed by atoms with Crippen LogP contribution in [0.2, 0.25) is 0 Å². The summed E-state index contributed by atoms with van der Waals surface area (Å²) in [5.74, 6) is 1.90. The molecule has 1 aromatic rings. The lowest BCUT2D eigenvalue weighted by molar-refractivity contribution is 0.317. The Morgan fingerprint density at radius 2 is 2.28 bits per heavy atom. The van der Waals surface area contributed by atoms with Crippen LogP contribution < -0.4 is 0 Å². The summed E-state index contributed by atoms with van der Waals surface area (Å²) in [4.78, 5) is 5.04. The molecule has 0 unspecified atom stereocenters. The van der Waals surface area contributed by atoms with Gasteiger partial charge in [-0.05, 0) is 62.3 Å². The van der Waals surface area contributed by atoms with E-state index < -0.39 is 0 Å². The Bertz CT molecular complexity index is 511. The van der Waals surface area contributed by atoms with Crippen LogP contribution >= 0.6 is 27.7 Å². The van der Waals surface area contributed by atoms with Gasteiger partial charge in [0, 0.05) is 10.2 Å². The molecule has 1 aliphatic heterocycles. The van der Waals surface area contributed by atoms with E-state index in [1.807, 2.05) is 11.8 Å². The molecule has 0 saturated carbocycles. The van der Waals surface area contributed by atoms with Gasteiger partial charge in [0.25, 0.3) is 0 Å². The lowest BCUT2D eigenvalue weighted by atomic mass is 9.79. The van der Waals surface area contributed by atoms with Crippen molar-refractivity contribution in [3.8, 4) is 0 Å². The third-order valence-corrected chi connectivity index (χ3v) is 5.87. The predicted molar refractivity (Wildman–Crippen MR) is 83.5 cm³/mol. The minimum atomic E-state index is -0.00898. The van der Waals surface area contributed by atoms with Crippen LogP contribution in [0.5, 0.6) is 0 Å². The van der Waals surface area contributed by atoms with Gasteiger partial charge in [0.2, 0.25) is 0 Å². The van der Waals surface area contributed by atoms with E-state index in [4.69, 9.17) is 4.99 Å². The highest BCUT2D eigenvalue weighted by molar-refractivity contribution is 9.10. The molecule has 0 N–H and O–H groups in total. The molecule has 0 bridgehead atoms. The van der Waals surface area contributed by atoms with Gasteiger partial charge in [-0.3, -0.25) is 4.99 Å². The van der Waals surface area contributed by atoms with E-state index in [1.54, 1.807) is 0 Å². The monoisotopic (exact) mass is 323 g/mol. The van der Waals surface area contributed by atoms with Gasteiger partial charge in [-0.15, -0.1) is 11.8 Å². The van der Waals surface area contributed by atoms with Crippen molar-refractivity contribution in [1.29, 1.82) is 0 Å². The fourth-order valence-electron chi connectivity index (χ4n) is 3.26. The molecular formula is C15H18BrNS. The highest BCUT2D eigenvalue weighted by atomic mass is 79.9. The molecule has 96 valence electrons. The Morgan fingerprint density at radius 3 is 3.11 bits per heavy atom. The second-order valence-electron chi connectivity index (χ2n) is 5.48. The number of aliphatic imine (C=N–C) groups is 1. The summed E-state index contributed by atoms with van der Waals surface area (Å²) < 4.78 is 1.18. The van der Waals surface area contributed by atoms with Gasteiger partial charge >= 0.3 is 0 Å². The normalized spacial score (nSPS) is 31.1. The molecule has 0 saturated heterocycles. The number of rotatable bonds is 0. The molecule has 0 amide bonds. The fraction of sp³-hybridized carbons (Fsp3) is 0.533. The number of fused-ring (bicyclic) bond motifs is 3. The van der Waals surface area contributed by atoms with Gasteiger partial charge in [-0.2, -0.15) is 0 Å². The van der Waals surface area contributed by atoms with Gasteiger partial charge in [0.15, 0.2) is 0 Å². The van der Waals surface area contributed by atoms with Crippen molar-refractivity contribution >= 4 is 32.7 Å². The molecule has 0 aromatic heterocycles. The van der Waals surface area contributed by atoms with Gasteiger partial charge in [-0.1, -0.05) is 22.0 Å². The molecule has 0 fully saturated rings. The van der Waals surface area contributed by atoms with Crippen molar-refractivity contribution in [2.24, 2.45) is 10.9 Å². The molecule has 0 radical (unpaired) electrons. The summed E-state index contributed by atoms with van der Waals surface area (Å²) >= 11 is 5.55. The smallest absolute Gasteiger partial charge is 0.0876 e. The van der Waals surface area contributed by atoms with Gasteiger partial charge in [0.05, 0.1) is 10.6 Å². The molecule has 2 aliphatic rings. The molecule has 0 spiro atoms. The zero-order valence-corrected chi connectivity index (χ0v) is 13.3. The number of thioether (sulfide) groups is 1. The fourth-order valence-corrected chi connectivity index (χ4v) is 4.80. The Hall–Kier alpha value is -0.280. The minimum Gasteiger partial charge on any atom is -0.272 e. The standard InChI is InChI=1S/C15H18BrNS/c1-10-17-15(2)12(9-18-10)5-3-4-11-6-7-13(16)8-14(11)15/h6-8,12H,3-5,9H2,1-2H3/t12-,15+/m1/s1. The zero-order valence-electron chi connectivity index (χ0n) is 10.9. The molecule has 1 nitrogen and oxygen atoms in total. The summed E-state index contributed by atoms with van der Waals surface area (Å²) in [5, 5.41) is 1.24. The van der Waals surface area contributed by atoms with Crippen LogP contribution in [-0.4, -0.2) is 10.8 Å². The molecule has 1 aliphatic carbocycles.